The molecule has 0 radical (unpaired) electrons. The first-order valence-electron chi connectivity index (χ1n) is 12.5. The average molecular weight is 524 g/mol. The number of esters is 1. The van der Waals surface area contributed by atoms with E-state index in [1.807, 2.05) is 0 Å². The van der Waals surface area contributed by atoms with Gasteiger partial charge in [0, 0.05) is 44.3 Å². The lowest BCUT2D eigenvalue weighted by atomic mass is 9.89. The number of amides is 3. The van der Waals surface area contributed by atoms with E-state index >= 15 is 0 Å². The van der Waals surface area contributed by atoms with Crippen molar-refractivity contribution in [2.24, 2.45) is 0 Å². The number of hydrogen-bond donors (Lipinski definition) is 4. The smallest absolute Gasteiger partial charge is 0.337 e. The highest BCUT2D eigenvalue weighted by molar-refractivity contribution is 5.94. The molecule has 2 spiro atoms. The summed E-state index contributed by atoms with van der Waals surface area (Å²) in [5.74, 6) is 0.322. The van der Waals surface area contributed by atoms with Crippen molar-refractivity contribution in [2.75, 3.05) is 20.2 Å². The molecule has 11 nitrogen and oxygen atoms in total. The number of rotatable bonds is 2. The minimum absolute atomic E-state index is 0.0322. The summed E-state index contributed by atoms with van der Waals surface area (Å²) >= 11 is 0. The van der Waals surface area contributed by atoms with Gasteiger partial charge in [0.15, 0.2) is 11.2 Å². The van der Waals surface area contributed by atoms with Gasteiger partial charge in [0.25, 0.3) is 17.7 Å². The predicted octanol–water partition coefficient (Wildman–Crippen LogP) is 1.45. The van der Waals surface area contributed by atoms with E-state index in [0.717, 1.165) is 17.5 Å². The van der Waals surface area contributed by atoms with Gasteiger partial charge in [-0.2, -0.15) is 0 Å². The first-order chi connectivity index (χ1) is 18.3. The van der Waals surface area contributed by atoms with Gasteiger partial charge < -0.3 is 24.8 Å². The van der Waals surface area contributed by atoms with Crippen LogP contribution in [-0.2, 0) is 27.2 Å². The Kier molecular flexibility index (Phi) is 6.70. The van der Waals surface area contributed by atoms with Gasteiger partial charge in [0.1, 0.15) is 11.5 Å². The van der Waals surface area contributed by atoms with Crippen LogP contribution in [0.2, 0.25) is 0 Å². The van der Waals surface area contributed by atoms with E-state index in [1.165, 1.54) is 7.11 Å². The van der Waals surface area contributed by atoms with E-state index in [2.05, 4.69) is 10.6 Å². The molecule has 2 unspecified atom stereocenters. The highest BCUT2D eigenvalue weighted by Crippen LogP contribution is 2.38. The van der Waals surface area contributed by atoms with Crippen LogP contribution in [0, 0.1) is 0 Å². The van der Waals surface area contributed by atoms with Gasteiger partial charge in [-0.05, 0) is 60.4 Å². The van der Waals surface area contributed by atoms with Gasteiger partial charge in [-0.3, -0.25) is 19.6 Å². The number of ether oxygens (including phenoxy) is 3. The zero-order valence-corrected chi connectivity index (χ0v) is 20.9. The van der Waals surface area contributed by atoms with Crippen molar-refractivity contribution < 1.29 is 38.6 Å². The first kappa shape index (κ1) is 25.5. The third-order valence-corrected chi connectivity index (χ3v) is 7.57. The molecule has 4 N–H and O–H groups in total. The number of carbonyl (C=O) groups excluding carboxylic acids is 4. The zero-order chi connectivity index (χ0) is 26.9. The van der Waals surface area contributed by atoms with E-state index in [9.17, 15) is 19.2 Å². The first-order valence-corrected chi connectivity index (χ1v) is 12.5. The van der Waals surface area contributed by atoms with E-state index in [4.69, 9.17) is 19.4 Å². The number of benzene rings is 2. The van der Waals surface area contributed by atoms with Crippen molar-refractivity contribution in [1.82, 2.24) is 16.1 Å². The molecule has 2 saturated heterocycles. The molecule has 6 rings (SSSR count). The largest absolute Gasteiger partial charge is 0.477 e. The van der Waals surface area contributed by atoms with Crippen LogP contribution >= 0.6 is 0 Å². The van der Waals surface area contributed by atoms with Crippen molar-refractivity contribution >= 4 is 23.7 Å². The number of hydrogen-bond acceptors (Lipinski definition) is 8. The van der Waals surface area contributed by atoms with Crippen LogP contribution in [0.5, 0.6) is 11.5 Å². The van der Waals surface area contributed by atoms with Crippen LogP contribution < -0.4 is 25.6 Å². The Balaban J connectivity index is 0.000000155. The molecule has 2 aromatic carbocycles. The molecule has 4 aliphatic heterocycles. The summed E-state index contributed by atoms with van der Waals surface area (Å²) in [5, 5.41) is 14.2. The molecule has 4 heterocycles. The summed E-state index contributed by atoms with van der Waals surface area (Å²) in [4.78, 5) is 46.5. The molecule has 3 amide bonds. The van der Waals surface area contributed by atoms with Crippen LogP contribution in [0.1, 0.15) is 57.5 Å². The molecular weight excluding hydrogens is 494 g/mol. The summed E-state index contributed by atoms with van der Waals surface area (Å²) in [6.45, 7) is 1.30. The molecule has 38 heavy (non-hydrogen) atoms. The second-order valence-corrected chi connectivity index (χ2v) is 9.78. The summed E-state index contributed by atoms with van der Waals surface area (Å²) in [6.07, 6.45) is 4.03. The number of carbonyl (C=O) groups is 4. The fourth-order valence-corrected chi connectivity index (χ4v) is 5.37. The third kappa shape index (κ3) is 4.53. The summed E-state index contributed by atoms with van der Waals surface area (Å²) < 4.78 is 16.4. The molecule has 0 aromatic heterocycles. The third-order valence-electron chi connectivity index (χ3n) is 7.57. The Morgan fingerprint density at radius 3 is 1.79 bits per heavy atom. The summed E-state index contributed by atoms with van der Waals surface area (Å²) in [6, 6.07) is 10.1. The van der Waals surface area contributed by atoms with Crippen molar-refractivity contribution in [3.63, 3.8) is 0 Å². The fourth-order valence-electron chi connectivity index (χ4n) is 5.37. The van der Waals surface area contributed by atoms with Crippen LogP contribution in [0.4, 0.5) is 0 Å². The molecule has 2 aromatic rings. The minimum Gasteiger partial charge on any atom is -0.477 e. The minimum atomic E-state index is -0.742. The van der Waals surface area contributed by atoms with Crippen molar-refractivity contribution in [2.45, 2.75) is 49.7 Å². The van der Waals surface area contributed by atoms with Gasteiger partial charge in [0.05, 0.1) is 12.7 Å². The van der Waals surface area contributed by atoms with E-state index in [0.29, 0.717) is 67.8 Å². The Morgan fingerprint density at radius 2 is 1.34 bits per heavy atom. The molecule has 11 heteroatoms. The van der Waals surface area contributed by atoms with E-state index in [-0.39, 0.29) is 17.8 Å². The number of fused-ring (bicyclic) bond motifs is 2. The maximum absolute atomic E-state index is 11.9. The standard InChI is InChI=1S/C14H15NO4.C13H14N2O4/c1-18-12(16)10-2-3-11-9(8-10)4-5-14(19-11)6-7-15-13(14)17;16-11(15-18)9-1-2-10-8(7-9)3-4-13(19-10)5-6-14-12(13)17/h2-3,8H,4-7H2,1H3,(H,15,17);1-2,7,18H,3-6H2,(H,14,17)(H,15,16). The lowest BCUT2D eigenvalue weighted by Gasteiger charge is -2.33. The monoisotopic (exact) mass is 523 g/mol. The average Bonchev–Trinajstić information content (AvgIpc) is 3.48. The highest BCUT2D eigenvalue weighted by atomic mass is 16.5. The number of methoxy groups -OCH3 is 1. The zero-order valence-electron chi connectivity index (χ0n) is 20.9. The summed E-state index contributed by atoms with van der Waals surface area (Å²) in [7, 11) is 1.36. The molecule has 0 saturated carbocycles. The fraction of sp³-hybridized carbons (Fsp3) is 0.407. The molecule has 2 atom stereocenters. The summed E-state index contributed by atoms with van der Waals surface area (Å²) in [5.41, 5.74) is 2.86. The van der Waals surface area contributed by atoms with Crippen LogP contribution in [-0.4, -0.2) is 60.3 Å². The quantitative estimate of drug-likeness (QED) is 0.262. The number of aryl methyl sites for hydroxylation is 2. The normalized spacial score (nSPS) is 24.6. The predicted molar refractivity (Wildman–Crippen MR) is 132 cm³/mol. The van der Waals surface area contributed by atoms with Gasteiger partial charge in [-0.25, -0.2) is 10.3 Å². The molecule has 2 fully saturated rings. The Morgan fingerprint density at radius 1 is 0.842 bits per heavy atom. The van der Waals surface area contributed by atoms with Crippen LogP contribution in [0.3, 0.4) is 0 Å². The second-order valence-electron chi connectivity index (χ2n) is 9.78. The molecule has 0 aliphatic carbocycles. The topological polar surface area (TPSA) is 152 Å². The Hall–Kier alpha value is -4.12. The van der Waals surface area contributed by atoms with Crippen LogP contribution in [0.15, 0.2) is 36.4 Å². The molecular formula is C27H29N3O8. The molecule has 4 aliphatic rings. The van der Waals surface area contributed by atoms with Gasteiger partial charge in [0.2, 0.25) is 0 Å². The Bertz CT molecular complexity index is 1210. The second kappa shape index (κ2) is 9.97. The molecule has 200 valence electrons. The van der Waals surface area contributed by atoms with Crippen molar-refractivity contribution in [3.8, 4) is 11.5 Å². The lowest BCUT2D eigenvalue weighted by molar-refractivity contribution is -0.134. The highest BCUT2D eigenvalue weighted by Gasteiger charge is 2.47. The van der Waals surface area contributed by atoms with Crippen molar-refractivity contribution in [3.05, 3.63) is 58.7 Å². The van der Waals surface area contributed by atoms with Gasteiger partial charge in [-0.15, -0.1) is 0 Å². The maximum atomic E-state index is 11.9. The maximum Gasteiger partial charge on any atom is 0.337 e. The van der Waals surface area contributed by atoms with Gasteiger partial charge in [-0.1, -0.05) is 0 Å². The van der Waals surface area contributed by atoms with Crippen molar-refractivity contribution in [1.29, 1.82) is 0 Å². The van der Waals surface area contributed by atoms with Gasteiger partial charge >= 0.3 is 5.97 Å². The number of hydroxylamine groups is 1. The van der Waals surface area contributed by atoms with Crippen LogP contribution in [0.25, 0.3) is 0 Å². The van der Waals surface area contributed by atoms with E-state index in [1.54, 1.807) is 41.9 Å². The lowest BCUT2D eigenvalue weighted by Crippen LogP contribution is -2.46. The number of nitrogens with one attached hydrogen (secondary N) is 3. The van der Waals surface area contributed by atoms with E-state index < -0.39 is 17.1 Å². The molecule has 0 bridgehead atoms. The SMILES string of the molecule is COC(=O)c1ccc2c(c1)CCC1(CCNC1=O)O2.O=C(NO)c1ccc2c(c1)CCC1(CCNC1=O)O2. The Labute approximate surface area is 218 Å².